The van der Waals surface area contributed by atoms with Crippen LogP contribution in [-0.4, -0.2) is 31.2 Å². The number of carbonyl (C=O) groups is 1. The molecule has 0 aliphatic carbocycles. The van der Waals surface area contributed by atoms with Gasteiger partial charge in [0, 0.05) is 10.6 Å². The summed E-state index contributed by atoms with van der Waals surface area (Å²) in [5.41, 5.74) is 1.40. The van der Waals surface area contributed by atoms with Crippen LogP contribution in [0.25, 0.3) is 16.7 Å². The van der Waals surface area contributed by atoms with E-state index in [0.29, 0.717) is 39.3 Å². The second-order valence-electron chi connectivity index (χ2n) is 10.4. The van der Waals surface area contributed by atoms with E-state index in [4.69, 9.17) is 11.6 Å². The van der Waals surface area contributed by atoms with Crippen molar-refractivity contribution >= 4 is 28.6 Å². The Balaban J connectivity index is 2.07. The van der Waals surface area contributed by atoms with E-state index in [9.17, 15) is 15.0 Å². The molecule has 0 saturated heterocycles. The van der Waals surface area contributed by atoms with Crippen molar-refractivity contribution in [1.82, 2.24) is 15.0 Å². The van der Waals surface area contributed by atoms with Gasteiger partial charge >= 0.3 is 5.97 Å². The zero-order valence-corrected chi connectivity index (χ0v) is 21.6. The molecule has 3 aromatic rings. The molecule has 0 fully saturated rings. The highest BCUT2D eigenvalue weighted by atomic mass is 35.5. The number of aromatic hydroxyl groups is 1. The van der Waals surface area contributed by atoms with Gasteiger partial charge in [-0.15, -0.1) is 15.0 Å². The van der Waals surface area contributed by atoms with E-state index in [-0.39, 0.29) is 5.75 Å². The monoisotopic (exact) mass is 485 g/mol. The maximum atomic E-state index is 12.5. The standard InChI is InChI=1S/C27H36ClN3O3/c1-6-7-8-9-10-11-14-27(5,25(33)34)18-15-20(26(2,3)4)24(32)23(16-18)31-29-21-13-12-19(28)17-22(21)30-31/h12-13,15-17,32H,6-11,14H2,1-5H3,(H,33,34). The number of nitrogens with zero attached hydrogens (tertiary/aromatic N) is 3. The van der Waals surface area contributed by atoms with E-state index >= 15 is 0 Å². The molecule has 1 atom stereocenters. The van der Waals surface area contributed by atoms with Gasteiger partial charge in [-0.2, -0.15) is 0 Å². The second-order valence-corrected chi connectivity index (χ2v) is 10.9. The molecule has 6 nitrogen and oxygen atoms in total. The van der Waals surface area contributed by atoms with Gasteiger partial charge in [-0.1, -0.05) is 83.9 Å². The van der Waals surface area contributed by atoms with E-state index in [0.717, 1.165) is 19.3 Å². The fraction of sp³-hybridized carbons (Fsp3) is 0.519. The third-order valence-corrected chi connectivity index (χ3v) is 6.83. The van der Waals surface area contributed by atoms with Crippen molar-refractivity contribution in [3.8, 4) is 11.4 Å². The molecule has 2 N–H and O–H groups in total. The lowest BCUT2D eigenvalue weighted by Crippen LogP contribution is -2.33. The summed E-state index contributed by atoms with van der Waals surface area (Å²) in [5, 5.41) is 31.1. The Morgan fingerprint density at radius 1 is 0.971 bits per heavy atom. The Hall–Kier alpha value is -2.60. The van der Waals surface area contributed by atoms with Crippen LogP contribution in [0.4, 0.5) is 0 Å². The van der Waals surface area contributed by atoms with Gasteiger partial charge in [0.05, 0.1) is 5.41 Å². The lowest BCUT2D eigenvalue weighted by atomic mass is 9.75. The Labute approximate surface area is 206 Å². The minimum Gasteiger partial charge on any atom is -0.505 e. The average molecular weight is 486 g/mol. The molecule has 0 saturated carbocycles. The van der Waals surface area contributed by atoms with Crippen LogP contribution in [0.15, 0.2) is 30.3 Å². The van der Waals surface area contributed by atoms with Crippen LogP contribution >= 0.6 is 11.6 Å². The van der Waals surface area contributed by atoms with Crippen molar-refractivity contribution in [2.45, 2.75) is 90.4 Å². The number of carboxylic acid groups (broad SMARTS) is 1. The van der Waals surface area contributed by atoms with Gasteiger partial charge in [-0.25, -0.2) is 0 Å². The molecule has 0 aliphatic rings. The number of benzene rings is 2. The van der Waals surface area contributed by atoms with Gasteiger partial charge in [-0.3, -0.25) is 4.79 Å². The first-order chi connectivity index (χ1) is 16.0. The molecule has 2 aromatic carbocycles. The third-order valence-electron chi connectivity index (χ3n) is 6.60. The topological polar surface area (TPSA) is 88.2 Å². The maximum Gasteiger partial charge on any atom is 0.313 e. The highest BCUT2D eigenvalue weighted by Gasteiger charge is 2.37. The number of fused-ring (bicyclic) bond motifs is 1. The molecule has 0 spiro atoms. The van der Waals surface area contributed by atoms with E-state index in [2.05, 4.69) is 17.1 Å². The fourth-order valence-corrected chi connectivity index (χ4v) is 4.46. The third kappa shape index (κ3) is 5.54. The first-order valence-corrected chi connectivity index (χ1v) is 12.5. The molecule has 3 rings (SSSR count). The number of phenolic OH excluding ortho intramolecular Hbond substituents is 1. The highest BCUT2D eigenvalue weighted by Crippen LogP contribution is 2.41. The molecule has 1 unspecified atom stereocenters. The predicted octanol–water partition coefficient (Wildman–Crippen LogP) is 7.17. The number of aromatic nitrogens is 3. The van der Waals surface area contributed by atoms with Gasteiger partial charge in [-0.05, 0) is 48.6 Å². The minimum absolute atomic E-state index is 0.0509. The molecule has 0 amide bonds. The van der Waals surface area contributed by atoms with Crippen LogP contribution in [0.3, 0.4) is 0 Å². The Morgan fingerprint density at radius 3 is 2.26 bits per heavy atom. The SMILES string of the molecule is CCCCCCCCC(C)(C(=O)O)c1cc(-n2nc3ccc(Cl)cc3n2)c(O)c(C(C)(C)C)c1. The first kappa shape index (κ1) is 26.0. The lowest BCUT2D eigenvalue weighted by Gasteiger charge is -2.29. The molecule has 0 radical (unpaired) electrons. The molecule has 1 aromatic heterocycles. The van der Waals surface area contributed by atoms with Crippen molar-refractivity contribution in [2.24, 2.45) is 0 Å². The lowest BCUT2D eigenvalue weighted by molar-refractivity contribution is -0.143. The van der Waals surface area contributed by atoms with Crippen molar-refractivity contribution in [3.05, 3.63) is 46.5 Å². The molecule has 7 heteroatoms. The number of phenols is 1. The Morgan fingerprint density at radius 2 is 1.62 bits per heavy atom. The quantitative estimate of drug-likeness (QED) is 0.297. The Kier molecular flexibility index (Phi) is 7.91. The average Bonchev–Trinajstić information content (AvgIpc) is 3.18. The van der Waals surface area contributed by atoms with Crippen molar-refractivity contribution < 1.29 is 15.0 Å². The normalized spacial score (nSPS) is 13.8. The number of unbranched alkanes of at least 4 members (excludes halogenated alkanes) is 5. The molecular formula is C27H36ClN3O3. The second kappa shape index (κ2) is 10.3. The summed E-state index contributed by atoms with van der Waals surface area (Å²) >= 11 is 6.11. The van der Waals surface area contributed by atoms with Crippen molar-refractivity contribution in [1.29, 1.82) is 0 Å². The summed E-state index contributed by atoms with van der Waals surface area (Å²) < 4.78 is 0. The fourth-order valence-electron chi connectivity index (χ4n) is 4.29. The van der Waals surface area contributed by atoms with E-state index in [1.807, 2.05) is 26.8 Å². The predicted molar refractivity (Wildman–Crippen MR) is 137 cm³/mol. The largest absolute Gasteiger partial charge is 0.505 e. The van der Waals surface area contributed by atoms with Gasteiger partial charge in [0.15, 0.2) is 0 Å². The zero-order chi connectivity index (χ0) is 25.1. The number of halogens is 1. The van der Waals surface area contributed by atoms with Gasteiger partial charge in [0.2, 0.25) is 0 Å². The van der Waals surface area contributed by atoms with E-state index in [1.165, 1.54) is 24.1 Å². The van der Waals surface area contributed by atoms with E-state index < -0.39 is 16.8 Å². The molecule has 34 heavy (non-hydrogen) atoms. The molecule has 0 aliphatic heterocycles. The van der Waals surface area contributed by atoms with Gasteiger partial charge in [0.25, 0.3) is 0 Å². The summed E-state index contributed by atoms with van der Waals surface area (Å²) in [6.07, 6.45) is 7.05. The zero-order valence-electron chi connectivity index (χ0n) is 20.9. The van der Waals surface area contributed by atoms with Crippen LogP contribution < -0.4 is 0 Å². The summed E-state index contributed by atoms with van der Waals surface area (Å²) in [4.78, 5) is 13.9. The molecule has 0 bridgehead atoms. The van der Waals surface area contributed by atoms with Crippen LogP contribution in [-0.2, 0) is 15.6 Å². The number of rotatable bonds is 10. The summed E-state index contributed by atoms with van der Waals surface area (Å²) in [6, 6.07) is 8.78. The van der Waals surface area contributed by atoms with Crippen LogP contribution in [0.2, 0.25) is 5.02 Å². The maximum absolute atomic E-state index is 12.5. The summed E-state index contributed by atoms with van der Waals surface area (Å²) in [7, 11) is 0. The summed E-state index contributed by atoms with van der Waals surface area (Å²) in [6.45, 7) is 9.94. The van der Waals surface area contributed by atoms with Gasteiger partial charge < -0.3 is 10.2 Å². The number of carboxylic acids is 1. The van der Waals surface area contributed by atoms with Crippen LogP contribution in [0.1, 0.15) is 90.7 Å². The number of aliphatic carboxylic acids is 1. The molecular weight excluding hydrogens is 450 g/mol. The highest BCUT2D eigenvalue weighted by molar-refractivity contribution is 6.31. The smallest absolute Gasteiger partial charge is 0.313 e. The van der Waals surface area contributed by atoms with Crippen LogP contribution in [0.5, 0.6) is 5.75 Å². The molecule has 1 heterocycles. The minimum atomic E-state index is -1.09. The number of hydrogen-bond acceptors (Lipinski definition) is 4. The first-order valence-electron chi connectivity index (χ1n) is 12.1. The van der Waals surface area contributed by atoms with Crippen molar-refractivity contribution in [3.63, 3.8) is 0 Å². The van der Waals surface area contributed by atoms with Gasteiger partial charge in [0.1, 0.15) is 22.5 Å². The number of hydrogen-bond donors (Lipinski definition) is 2. The summed E-state index contributed by atoms with van der Waals surface area (Å²) in [5.74, 6) is -0.821. The van der Waals surface area contributed by atoms with E-state index in [1.54, 1.807) is 31.2 Å². The van der Waals surface area contributed by atoms with Crippen molar-refractivity contribution in [2.75, 3.05) is 0 Å². The van der Waals surface area contributed by atoms with Crippen LogP contribution in [0, 0.1) is 0 Å². The Bertz CT molecular complexity index is 1170. The molecule has 184 valence electrons.